The van der Waals surface area contributed by atoms with Crippen molar-refractivity contribution in [1.82, 2.24) is 5.32 Å². The topological polar surface area (TPSA) is 38.3 Å². The van der Waals surface area contributed by atoms with Gasteiger partial charge in [0.1, 0.15) is 17.2 Å². The predicted octanol–water partition coefficient (Wildman–Crippen LogP) is 4.17. The summed E-state index contributed by atoms with van der Waals surface area (Å²) in [6.07, 6.45) is -0.140. The van der Waals surface area contributed by atoms with Gasteiger partial charge in [0.15, 0.2) is 0 Å². The van der Waals surface area contributed by atoms with Crippen molar-refractivity contribution in [2.75, 3.05) is 6.54 Å². The van der Waals surface area contributed by atoms with Crippen molar-refractivity contribution in [1.29, 1.82) is 0 Å². The highest BCUT2D eigenvalue weighted by Crippen LogP contribution is 2.22. The molecule has 0 heterocycles. The number of amides is 1. The normalized spacial score (nSPS) is 13.2. The molecule has 0 bridgehead atoms. The number of alkyl halides is 1. The molecule has 2 unspecified atom stereocenters. The van der Waals surface area contributed by atoms with Crippen LogP contribution in [-0.2, 0) is 4.79 Å². The number of hydrogen-bond donors (Lipinski definition) is 1. The monoisotopic (exact) mass is 331 g/mol. The van der Waals surface area contributed by atoms with Crippen LogP contribution in [0, 0.1) is 13.8 Å². The van der Waals surface area contributed by atoms with Crippen molar-refractivity contribution >= 4 is 17.5 Å². The number of halogens is 1. The quantitative estimate of drug-likeness (QED) is 0.807. The molecule has 0 aliphatic heterocycles. The van der Waals surface area contributed by atoms with Gasteiger partial charge in [-0.15, -0.1) is 11.6 Å². The molecule has 0 fully saturated rings. The molecule has 2 aromatic rings. The number of aryl methyl sites for hydroxylation is 1. The highest BCUT2D eigenvalue weighted by molar-refractivity contribution is 6.30. The van der Waals surface area contributed by atoms with E-state index in [1.165, 1.54) is 5.56 Å². The van der Waals surface area contributed by atoms with Crippen LogP contribution in [0.15, 0.2) is 48.5 Å². The lowest BCUT2D eigenvalue weighted by Crippen LogP contribution is -2.35. The molecule has 0 radical (unpaired) electrons. The van der Waals surface area contributed by atoms with E-state index >= 15 is 0 Å². The van der Waals surface area contributed by atoms with Gasteiger partial charge in [0, 0.05) is 0 Å². The number of hydrogen-bond acceptors (Lipinski definition) is 2. The molecule has 1 amide bonds. The summed E-state index contributed by atoms with van der Waals surface area (Å²) in [5.74, 6) is 0.631. The predicted molar refractivity (Wildman–Crippen MR) is 94.1 cm³/mol. The van der Waals surface area contributed by atoms with Crippen LogP contribution in [0.25, 0.3) is 0 Å². The van der Waals surface area contributed by atoms with Gasteiger partial charge in [-0.2, -0.15) is 0 Å². The average Bonchev–Trinajstić information content (AvgIpc) is 2.57. The van der Waals surface area contributed by atoms with Crippen LogP contribution in [0.2, 0.25) is 0 Å². The second-order valence-electron chi connectivity index (χ2n) is 5.64. The Morgan fingerprint density at radius 3 is 2.52 bits per heavy atom. The first kappa shape index (κ1) is 17.4. The third kappa shape index (κ3) is 4.73. The fourth-order valence-electron chi connectivity index (χ4n) is 2.22. The zero-order chi connectivity index (χ0) is 16.8. The van der Waals surface area contributed by atoms with Crippen molar-refractivity contribution in [3.63, 3.8) is 0 Å². The van der Waals surface area contributed by atoms with E-state index in [0.717, 1.165) is 16.9 Å². The molecule has 0 aromatic heterocycles. The van der Waals surface area contributed by atoms with E-state index in [9.17, 15) is 4.79 Å². The highest BCUT2D eigenvalue weighted by Gasteiger charge is 2.18. The first-order valence-electron chi connectivity index (χ1n) is 7.68. The molecule has 0 saturated heterocycles. The van der Waals surface area contributed by atoms with Gasteiger partial charge in [0.05, 0.1) is 6.54 Å². The molecular formula is C19H22ClNO2. The van der Waals surface area contributed by atoms with Gasteiger partial charge in [-0.25, -0.2) is 0 Å². The lowest BCUT2D eigenvalue weighted by molar-refractivity contribution is -0.121. The van der Waals surface area contributed by atoms with Gasteiger partial charge in [-0.1, -0.05) is 42.5 Å². The molecule has 0 spiro atoms. The largest absolute Gasteiger partial charge is 0.489 e. The Morgan fingerprint density at radius 2 is 1.83 bits per heavy atom. The Bertz CT molecular complexity index is 658. The number of nitrogens with one attached hydrogen (secondary N) is 1. The minimum Gasteiger partial charge on any atom is -0.489 e. The van der Waals surface area contributed by atoms with Gasteiger partial charge in [-0.05, 0) is 43.5 Å². The minimum absolute atomic E-state index is 0.140. The molecular weight excluding hydrogens is 310 g/mol. The molecule has 122 valence electrons. The standard InChI is InChI=1S/C19H22ClNO2/c1-13-8-7-11-17(15(13)3)23-14(2)12-21-19(22)18(20)16-9-5-4-6-10-16/h4-11,14,18H,12H2,1-3H3,(H,21,22). The molecule has 0 aliphatic rings. The molecule has 1 N–H and O–H groups in total. The van der Waals surface area contributed by atoms with Crippen molar-refractivity contribution in [2.45, 2.75) is 32.3 Å². The van der Waals surface area contributed by atoms with Crippen LogP contribution in [0.5, 0.6) is 5.75 Å². The number of benzene rings is 2. The van der Waals surface area contributed by atoms with E-state index in [2.05, 4.69) is 5.32 Å². The van der Waals surface area contributed by atoms with Gasteiger partial charge in [0.25, 0.3) is 0 Å². The zero-order valence-corrected chi connectivity index (χ0v) is 14.4. The average molecular weight is 332 g/mol. The van der Waals surface area contributed by atoms with Gasteiger partial charge >= 0.3 is 0 Å². The minimum atomic E-state index is -0.691. The van der Waals surface area contributed by atoms with Gasteiger partial charge in [0.2, 0.25) is 5.91 Å². The van der Waals surface area contributed by atoms with E-state index in [0.29, 0.717) is 6.54 Å². The van der Waals surface area contributed by atoms with Gasteiger partial charge < -0.3 is 10.1 Å². The van der Waals surface area contributed by atoms with Crippen molar-refractivity contribution < 1.29 is 9.53 Å². The first-order chi connectivity index (χ1) is 11.0. The molecule has 2 atom stereocenters. The maximum Gasteiger partial charge on any atom is 0.242 e. The summed E-state index contributed by atoms with van der Waals surface area (Å²) >= 11 is 6.19. The summed E-state index contributed by atoms with van der Waals surface area (Å²) in [5.41, 5.74) is 3.09. The van der Waals surface area contributed by atoms with Crippen LogP contribution in [-0.4, -0.2) is 18.6 Å². The fraction of sp³-hybridized carbons (Fsp3) is 0.316. The van der Waals surface area contributed by atoms with Crippen molar-refractivity contribution in [3.8, 4) is 5.75 Å². The summed E-state index contributed by atoms with van der Waals surface area (Å²) in [5, 5.41) is 2.15. The Kier molecular flexibility index (Phi) is 6.05. The number of ether oxygens (including phenoxy) is 1. The third-order valence-electron chi connectivity index (χ3n) is 3.77. The fourth-order valence-corrected chi connectivity index (χ4v) is 2.44. The Labute approximate surface area is 142 Å². The summed E-state index contributed by atoms with van der Waals surface area (Å²) in [6, 6.07) is 15.3. The SMILES string of the molecule is Cc1cccc(OC(C)CNC(=O)C(Cl)c2ccccc2)c1C. The summed E-state index contributed by atoms with van der Waals surface area (Å²) in [7, 11) is 0. The molecule has 2 aromatic carbocycles. The maximum absolute atomic E-state index is 12.1. The highest BCUT2D eigenvalue weighted by atomic mass is 35.5. The molecule has 23 heavy (non-hydrogen) atoms. The summed E-state index contributed by atoms with van der Waals surface area (Å²) in [6.45, 7) is 6.41. The first-order valence-corrected chi connectivity index (χ1v) is 8.12. The van der Waals surface area contributed by atoms with E-state index < -0.39 is 5.38 Å². The van der Waals surface area contributed by atoms with E-state index in [1.54, 1.807) is 0 Å². The number of rotatable bonds is 6. The van der Waals surface area contributed by atoms with Crippen LogP contribution in [0.4, 0.5) is 0 Å². The lowest BCUT2D eigenvalue weighted by Gasteiger charge is -2.19. The van der Waals surface area contributed by atoms with Crippen LogP contribution < -0.4 is 10.1 Å². The Morgan fingerprint density at radius 1 is 1.13 bits per heavy atom. The van der Waals surface area contributed by atoms with Crippen molar-refractivity contribution in [2.24, 2.45) is 0 Å². The summed E-state index contributed by atoms with van der Waals surface area (Å²) in [4.78, 5) is 12.1. The van der Waals surface area contributed by atoms with Crippen molar-refractivity contribution in [3.05, 3.63) is 65.2 Å². The molecule has 3 nitrogen and oxygen atoms in total. The summed E-state index contributed by atoms with van der Waals surface area (Å²) < 4.78 is 5.90. The van der Waals surface area contributed by atoms with E-state index in [-0.39, 0.29) is 12.0 Å². The number of carbonyl (C=O) groups is 1. The second kappa shape index (κ2) is 8.02. The van der Waals surface area contributed by atoms with E-state index in [1.807, 2.05) is 69.3 Å². The Balaban J connectivity index is 1.88. The smallest absolute Gasteiger partial charge is 0.242 e. The van der Waals surface area contributed by atoms with Gasteiger partial charge in [-0.3, -0.25) is 4.79 Å². The molecule has 2 rings (SSSR count). The lowest BCUT2D eigenvalue weighted by atomic mass is 10.1. The zero-order valence-electron chi connectivity index (χ0n) is 13.7. The molecule has 0 saturated carbocycles. The number of carbonyl (C=O) groups excluding carboxylic acids is 1. The Hall–Kier alpha value is -2.00. The molecule has 4 heteroatoms. The molecule has 0 aliphatic carbocycles. The third-order valence-corrected chi connectivity index (χ3v) is 4.22. The van der Waals surface area contributed by atoms with Crippen LogP contribution in [0.3, 0.4) is 0 Å². The van der Waals surface area contributed by atoms with Crippen LogP contribution >= 0.6 is 11.6 Å². The second-order valence-corrected chi connectivity index (χ2v) is 6.08. The van der Waals surface area contributed by atoms with Crippen LogP contribution in [0.1, 0.15) is 29.0 Å². The maximum atomic E-state index is 12.1. The van der Waals surface area contributed by atoms with E-state index in [4.69, 9.17) is 16.3 Å².